The van der Waals surface area contributed by atoms with Crippen LogP contribution in [0.4, 0.5) is 0 Å². The van der Waals surface area contributed by atoms with Crippen molar-refractivity contribution in [2.45, 2.75) is 32.2 Å². The monoisotopic (exact) mass is 424 g/mol. The number of hydrogen-bond acceptors (Lipinski definition) is 3. The number of hydrogen-bond donors (Lipinski definition) is 0. The lowest BCUT2D eigenvalue weighted by Gasteiger charge is -2.17. The normalized spacial score (nSPS) is 13.3. The molecule has 0 saturated carbocycles. The summed E-state index contributed by atoms with van der Waals surface area (Å²) in [6, 6.07) is 11.9. The Morgan fingerprint density at radius 1 is 1.22 bits per heavy atom. The van der Waals surface area contributed by atoms with E-state index < -0.39 is 0 Å². The molecule has 1 aliphatic carbocycles. The highest BCUT2D eigenvalue weighted by atomic mass is 79.9. The molecule has 2 heterocycles. The summed E-state index contributed by atoms with van der Waals surface area (Å²) < 4.78 is 2.95. The van der Waals surface area contributed by atoms with Crippen molar-refractivity contribution >= 4 is 21.8 Å². The largest absolute Gasteiger partial charge is 0.336 e. The van der Waals surface area contributed by atoms with Crippen molar-refractivity contribution in [2.24, 2.45) is 0 Å². The fourth-order valence-corrected chi connectivity index (χ4v) is 4.00. The van der Waals surface area contributed by atoms with Gasteiger partial charge in [0.25, 0.3) is 5.91 Å². The van der Waals surface area contributed by atoms with Gasteiger partial charge in [0.05, 0.1) is 5.69 Å². The van der Waals surface area contributed by atoms with Gasteiger partial charge in [-0.25, -0.2) is 4.68 Å². The van der Waals surface area contributed by atoms with Crippen LogP contribution in [0.5, 0.6) is 0 Å². The van der Waals surface area contributed by atoms with Crippen LogP contribution in [0, 0.1) is 0 Å². The van der Waals surface area contributed by atoms with E-state index in [1.807, 2.05) is 48.1 Å². The first-order valence-corrected chi connectivity index (χ1v) is 9.94. The van der Waals surface area contributed by atoms with Crippen molar-refractivity contribution in [3.05, 3.63) is 75.8 Å². The van der Waals surface area contributed by atoms with Gasteiger partial charge in [-0.3, -0.25) is 9.78 Å². The molecule has 1 amide bonds. The van der Waals surface area contributed by atoms with Gasteiger partial charge < -0.3 is 4.90 Å². The van der Waals surface area contributed by atoms with Crippen molar-refractivity contribution in [3.8, 4) is 5.69 Å². The van der Waals surface area contributed by atoms with E-state index in [4.69, 9.17) is 5.10 Å². The number of amides is 1. The molecule has 0 unspecified atom stereocenters. The van der Waals surface area contributed by atoms with Crippen LogP contribution in [0.2, 0.25) is 0 Å². The van der Waals surface area contributed by atoms with Crippen molar-refractivity contribution in [3.63, 3.8) is 0 Å². The lowest BCUT2D eigenvalue weighted by atomic mass is 9.95. The number of pyridine rings is 1. The molecule has 0 bridgehead atoms. The van der Waals surface area contributed by atoms with Crippen LogP contribution < -0.4 is 0 Å². The van der Waals surface area contributed by atoms with E-state index in [9.17, 15) is 4.79 Å². The molecule has 3 aromatic rings. The second-order valence-electron chi connectivity index (χ2n) is 6.90. The van der Waals surface area contributed by atoms with Gasteiger partial charge >= 0.3 is 0 Å². The Labute approximate surface area is 167 Å². The van der Waals surface area contributed by atoms with Gasteiger partial charge in [-0.1, -0.05) is 28.1 Å². The number of halogens is 1. The average Bonchev–Trinajstić information content (AvgIpc) is 3.08. The van der Waals surface area contributed by atoms with Gasteiger partial charge in [0, 0.05) is 41.7 Å². The maximum absolute atomic E-state index is 13.2. The lowest BCUT2D eigenvalue weighted by molar-refractivity contribution is 0.0777. The van der Waals surface area contributed by atoms with Crippen LogP contribution in [0.3, 0.4) is 0 Å². The summed E-state index contributed by atoms with van der Waals surface area (Å²) in [6.07, 6.45) is 7.62. The predicted molar refractivity (Wildman–Crippen MR) is 108 cm³/mol. The Bertz CT molecular complexity index is 968. The second-order valence-corrected chi connectivity index (χ2v) is 7.81. The van der Waals surface area contributed by atoms with Crippen LogP contribution in [0.1, 0.15) is 40.2 Å². The third kappa shape index (κ3) is 3.67. The van der Waals surface area contributed by atoms with E-state index >= 15 is 0 Å². The molecule has 138 valence electrons. The van der Waals surface area contributed by atoms with Crippen molar-refractivity contribution in [1.82, 2.24) is 19.7 Å². The Morgan fingerprint density at radius 2 is 2.07 bits per heavy atom. The van der Waals surface area contributed by atoms with Crippen LogP contribution >= 0.6 is 15.9 Å². The topological polar surface area (TPSA) is 51.0 Å². The van der Waals surface area contributed by atoms with Gasteiger partial charge in [-0.05, 0) is 55.5 Å². The van der Waals surface area contributed by atoms with E-state index in [2.05, 4.69) is 20.9 Å². The molecule has 0 saturated heterocycles. The number of aromatic nitrogens is 3. The molecule has 0 fully saturated rings. The fourth-order valence-electron chi connectivity index (χ4n) is 3.61. The smallest absolute Gasteiger partial charge is 0.274 e. The first kappa shape index (κ1) is 17.9. The van der Waals surface area contributed by atoms with E-state index in [0.29, 0.717) is 12.2 Å². The number of rotatable bonds is 4. The second kappa shape index (κ2) is 7.64. The molecule has 0 spiro atoms. The molecular weight excluding hydrogens is 404 g/mol. The van der Waals surface area contributed by atoms with Gasteiger partial charge in [0.2, 0.25) is 0 Å². The summed E-state index contributed by atoms with van der Waals surface area (Å²) >= 11 is 3.53. The number of carbonyl (C=O) groups is 1. The molecule has 0 radical (unpaired) electrons. The molecular formula is C21H21BrN4O. The van der Waals surface area contributed by atoms with E-state index in [0.717, 1.165) is 52.7 Å². The maximum atomic E-state index is 13.2. The number of benzene rings is 1. The first-order valence-electron chi connectivity index (χ1n) is 9.14. The summed E-state index contributed by atoms with van der Waals surface area (Å²) in [5, 5.41) is 4.75. The Balaban J connectivity index is 1.69. The Hall–Kier alpha value is -2.47. The molecule has 27 heavy (non-hydrogen) atoms. The molecule has 0 aliphatic heterocycles. The average molecular weight is 425 g/mol. The summed E-state index contributed by atoms with van der Waals surface area (Å²) in [5.74, 6) is -0.0363. The van der Waals surface area contributed by atoms with E-state index in [-0.39, 0.29) is 5.91 Å². The van der Waals surface area contributed by atoms with Crippen LogP contribution in [0.25, 0.3) is 5.69 Å². The molecule has 1 aromatic carbocycles. The van der Waals surface area contributed by atoms with Crippen LogP contribution in [-0.2, 0) is 19.4 Å². The maximum Gasteiger partial charge on any atom is 0.274 e. The number of carbonyl (C=O) groups excluding carboxylic acids is 1. The quantitative estimate of drug-likeness (QED) is 0.630. The molecule has 4 rings (SSSR count). The molecule has 0 N–H and O–H groups in total. The minimum atomic E-state index is -0.0363. The highest BCUT2D eigenvalue weighted by Gasteiger charge is 2.27. The van der Waals surface area contributed by atoms with E-state index in [1.165, 1.54) is 0 Å². The minimum Gasteiger partial charge on any atom is -0.336 e. The highest BCUT2D eigenvalue weighted by molar-refractivity contribution is 9.10. The van der Waals surface area contributed by atoms with Gasteiger partial charge in [0.15, 0.2) is 5.69 Å². The summed E-state index contributed by atoms with van der Waals surface area (Å²) in [4.78, 5) is 19.0. The molecule has 6 heteroatoms. The molecule has 5 nitrogen and oxygen atoms in total. The lowest BCUT2D eigenvalue weighted by Crippen LogP contribution is -2.27. The summed E-state index contributed by atoms with van der Waals surface area (Å²) in [5.41, 5.74) is 4.84. The standard InChI is InChI=1S/C21H21BrN4O/c1-25(14-15-6-5-11-23-13-15)21(27)20-18-9-2-3-10-19(18)26(24-20)17-8-4-7-16(22)12-17/h4-8,11-13H,2-3,9-10,14H2,1H3. The highest BCUT2D eigenvalue weighted by Crippen LogP contribution is 2.28. The zero-order chi connectivity index (χ0) is 18.8. The number of fused-ring (bicyclic) bond motifs is 1. The van der Waals surface area contributed by atoms with Crippen molar-refractivity contribution in [2.75, 3.05) is 7.05 Å². The fraction of sp³-hybridized carbons (Fsp3) is 0.286. The van der Waals surface area contributed by atoms with Crippen molar-refractivity contribution in [1.29, 1.82) is 0 Å². The van der Waals surface area contributed by atoms with E-state index in [1.54, 1.807) is 17.3 Å². The number of nitrogens with zero attached hydrogens (tertiary/aromatic N) is 4. The molecule has 2 aromatic heterocycles. The van der Waals surface area contributed by atoms with Gasteiger partial charge in [-0.15, -0.1) is 0 Å². The van der Waals surface area contributed by atoms with Crippen molar-refractivity contribution < 1.29 is 4.79 Å². The van der Waals surface area contributed by atoms with Crippen LogP contribution in [0.15, 0.2) is 53.3 Å². The summed E-state index contributed by atoms with van der Waals surface area (Å²) in [6.45, 7) is 0.519. The third-order valence-corrected chi connectivity index (χ3v) is 5.42. The third-order valence-electron chi connectivity index (χ3n) is 4.92. The molecule has 0 atom stereocenters. The van der Waals surface area contributed by atoms with Gasteiger partial charge in [-0.2, -0.15) is 5.10 Å². The Kier molecular flexibility index (Phi) is 5.07. The zero-order valence-electron chi connectivity index (χ0n) is 15.2. The molecule has 1 aliphatic rings. The minimum absolute atomic E-state index is 0.0363. The summed E-state index contributed by atoms with van der Waals surface area (Å²) in [7, 11) is 1.82. The van der Waals surface area contributed by atoms with Crippen LogP contribution in [-0.4, -0.2) is 32.6 Å². The zero-order valence-corrected chi connectivity index (χ0v) is 16.8. The first-order chi connectivity index (χ1) is 13.1. The van der Waals surface area contributed by atoms with Gasteiger partial charge in [0.1, 0.15) is 0 Å². The predicted octanol–water partition coefficient (Wildman–Crippen LogP) is 4.18. The SMILES string of the molecule is CN(Cc1cccnc1)C(=O)c1nn(-c2cccc(Br)c2)c2c1CCCC2. The Morgan fingerprint density at radius 3 is 2.85 bits per heavy atom.